The van der Waals surface area contributed by atoms with Crippen LogP contribution in [0.5, 0.6) is 0 Å². The van der Waals surface area contributed by atoms with Crippen LogP contribution in [0.2, 0.25) is 0 Å². The summed E-state index contributed by atoms with van der Waals surface area (Å²) in [4.78, 5) is 22.6. The summed E-state index contributed by atoms with van der Waals surface area (Å²) in [7, 11) is 0. The molecule has 0 saturated carbocycles. The molecule has 2 aromatic rings. The van der Waals surface area contributed by atoms with Crippen molar-refractivity contribution in [3.05, 3.63) is 23.8 Å². The molecule has 1 amide bonds. The van der Waals surface area contributed by atoms with Crippen LogP contribution in [0.1, 0.15) is 42.0 Å². The quantitative estimate of drug-likeness (QED) is 0.777. The van der Waals surface area contributed by atoms with Crippen LogP contribution in [-0.2, 0) is 0 Å². The molecule has 0 radical (unpaired) electrons. The van der Waals surface area contributed by atoms with Crippen LogP contribution in [0.4, 0.5) is 0 Å². The van der Waals surface area contributed by atoms with E-state index in [1.54, 1.807) is 10.7 Å². The maximum atomic E-state index is 12.4. The number of amides is 1. The van der Waals surface area contributed by atoms with Gasteiger partial charge in [0.05, 0.1) is 0 Å². The first-order valence-corrected chi connectivity index (χ1v) is 6.73. The van der Waals surface area contributed by atoms with Crippen LogP contribution in [0, 0.1) is 6.92 Å². The lowest BCUT2D eigenvalue weighted by molar-refractivity contribution is 0.0749. The van der Waals surface area contributed by atoms with Gasteiger partial charge >= 0.3 is 0 Å². The van der Waals surface area contributed by atoms with Crippen LogP contribution in [-0.4, -0.2) is 43.5 Å². The normalized spacial score (nSPS) is 16.6. The third-order valence-electron chi connectivity index (χ3n) is 3.51. The molecule has 0 atom stereocenters. The first-order chi connectivity index (χ1) is 9.25. The number of likely N-dealkylation sites (tertiary alicyclic amines) is 1. The first kappa shape index (κ1) is 12.1. The number of aromatic nitrogens is 4. The smallest absolute Gasteiger partial charge is 0.293 e. The maximum absolute atomic E-state index is 12.4. The number of carbonyl (C=O) groups excluding carboxylic acids is 1. The van der Waals surface area contributed by atoms with Gasteiger partial charge in [0.2, 0.25) is 5.82 Å². The maximum Gasteiger partial charge on any atom is 0.293 e. The predicted molar refractivity (Wildman–Crippen MR) is 69.9 cm³/mol. The molecule has 0 aromatic carbocycles. The van der Waals surface area contributed by atoms with Crippen molar-refractivity contribution in [1.82, 2.24) is 24.5 Å². The van der Waals surface area contributed by atoms with E-state index in [0.29, 0.717) is 5.78 Å². The van der Waals surface area contributed by atoms with Crippen molar-refractivity contribution in [2.24, 2.45) is 0 Å². The molecule has 1 aliphatic rings. The zero-order valence-electron chi connectivity index (χ0n) is 11.0. The van der Waals surface area contributed by atoms with Crippen LogP contribution < -0.4 is 0 Å². The molecule has 6 nitrogen and oxygen atoms in total. The van der Waals surface area contributed by atoms with E-state index in [-0.39, 0.29) is 11.7 Å². The molecule has 0 spiro atoms. The van der Waals surface area contributed by atoms with Crippen LogP contribution in [0.15, 0.2) is 12.3 Å². The minimum Gasteiger partial charge on any atom is -0.336 e. The van der Waals surface area contributed by atoms with E-state index in [4.69, 9.17) is 0 Å². The van der Waals surface area contributed by atoms with Gasteiger partial charge in [0.15, 0.2) is 0 Å². The number of nitrogens with zero attached hydrogens (tertiary/aromatic N) is 5. The van der Waals surface area contributed by atoms with E-state index in [2.05, 4.69) is 15.1 Å². The highest BCUT2D eigenvalue weighted by Gasteiger charge is 2.21. The summed E-state index contributed by atoms with van der Waals surface area (Å²) in [5, 5.41) is 4.27. The lowest BCUT2D eigenvalue weighted by Crippen LogP contribution is -2.32. The van der Waals surface area contributed by atoms with E-state index < -0.39 is 0 Å². The van der Waals surface area contributed by atoms with Crippen molar-refractivity contribution in [3.8, 4) is 0 Å². The van der Waals surface area contributed by atoms with E-state index in [0.717, 1.165) is 31.6 Å². The van der Waals surface area contributed by atoms with Crippen LogP contribution >= 0.6 is 0 Å². The summed E-state index contributed by atoms with van der Waals surface area (Å²) in [6, 6.07) is 1.85. The Balaban J connectivity index is 1.90. The monoisotopic (exact) mass is 259 g/mol. The Bertz CT molecular complexity index is 598. The molecule has 0 bridgehead atoms. The Hall–Kier alpha value is -1.98. The van der Waals surface area contributed by atoms with Crippen LogP contribution in [0.25, 0.3) is 5.78 Å². The fourth-order valence-corrected chi connectivity index (χ4v) is 2.41. The number of hydrogen-bond donors (Lipinski definition) is 0. The molecular weight excluding hydrogens is 242 g/mol. The van der Waals surface area contributed by atoms with E-state index >= 15 is 0 Å². The molecule has 19 heavy (non-hydrogen) atoms. The first-order valence-electron chi connectivity index (χ1n) is 6.73. The number of aryl methyl sites for hydroxylation is 1. The third-order valence-corrected chi connectivity index (χ3v) is 3.51. The standard InChI is InChI=1S/C13H17N5O/c1-10-6-7-14-13-15-11(16-18(10)13)12(19)17-8-4-2-3-5-9-17/h6-7H,2-5,8-9H2,1H3. The Morgan fingerprint density at radius 3 is 2.63 bits per heavy atom. The largest absolute Gasteiger partial charge is 0.336 e. The van der Waals surface area contributed by atoms with Crippen LogP contribution in [0.3, 0.4) is 0 Å². The summed E-state index contributed by atoms with van der Waals surface area (Å²) in [6.07, 6.45) is 6.21. The summed E-state index contributed by atoms with van der Waals surface area (Å²) in [5.74, 6) is 0.661. The summed E-state index contributed by atoms with van der Waals surface area (Å²) < 4.78 is 1.62. The van der Waals surface area contributed by atoms with Gasteiger partial charge in [-0.15, -0.1) is 5.10 Å². The molecule has 0 aliphatic carbocycles. The Morgan fingerprint density at radius 1 is 1.21 bits per heavy atom. The zero-order valence-corrected chi connectivity index (χ0v) is 11.0. The number of hydrogen-bond acceptors (Lipinski definition) is 4. The SMILES string of the molecule is Cc1ccnc2nc(C(=O)N3CCCCCC3)nn12. The number of fused-ring (bicyclic) bond motifs is 1. The second kappa shape index (κ2) is 4.95. The lowest BCUT2D eigenvalue weighted by atomic mass is 10.2. The second-order valence-electron chi connectivity index (χ2n) is 4.94. The van der Waals surface area contributed by atoms with Gasteiger partial charge in [0.25, 0.3) is 11.7 Å². The van der Waals surface area contributed by atoms with Crippen molar-refractivity contribution in [2.75, 3.05) is 13.1 Å². The van der Waals surface area contributed by atoms with Crippen molar-refractivity contribution >= 4 is 11.7 Å². The molecule has 100 valence electrons. The lowest BCUT2D eigenvalue weighted by Gasteiger charge is -2.17. The minimum absolute atomic E-state index is 0.0770. The summed E-state index contributed by atoms with van der Waals surface area (Å²) in [6.45, 7) is 3.53. The average Bonchev–Trinajstić information content (AvgIpc) is 2.67. The molecule has 1 aliphatic heterocycles. The van der Waals surface area contributed by atoms with Gasteiger partial charge < -0.3 is 4.90 Å². The van der Waals surface area contributed by atoms with Gasteiger partial charge in [-0.25, -0.2) is 9.50 Å². The topological polar surface area (TPSA) is 63.4 Å². The fourth-order valence-electron chi connectivity index (χ4n) is 2.41. The highest BCUT2D eigenvalue weighted by molar-refractivity contribution is 5.90. The average molecular weight is 259 g/mol. The molecule has 1 saturated heterocycles. The molecule has 1 fully saturated rings. The Morgan fingerprint density at radius 2 is 1.95 bits per heavy atom. The van der Waals surface area contributed by atoms with Gasteiger partial charge in [-0.05, 0) is 25.8 Å². The molecule has 2 aromatic heterocycles. The second-order valence-corrected chi connectivity index (χ2v) is 4.94. The van der Waals surface area contributed by atoms with Crippen molar-refractivity contribution in [1.29, 1.82) is 0 Å². The van der Waals surface area contributed by atoms with Crippen molar-refractivity contribution in [3.63, 3.8) is 0 Å². The summed E-state index contributed by atoms with van der Waals surface area (Å²) in [5.41, 5.74) is 0.924. The van der Waals surface area contributed by atoms with Crippen molar-refractivity contribution in [2.45, 2.75) is 32.6 Å². The molecule has 3 rings (SSSR count). The van der Waals surface area contributed by atoms with Crippen molar-refractivity contribution < 1.29 is 4.79 Å². The zero-order chi connectivity index (χ0) is 13.2. The van der Waals surface area contributed by atoms with E-state index in [1.807, 2.05) is 17.9 Å². The highest BCUT2D eigenvalue weighted by atomic mass is 16.2. The Kier molecular flexibility index (Phi) is 3.15. The molecule has 0 N–H and O–H groups in total. The molecule has 0 unspecified atom stereocenters. The Labute approximate surface area is 111 Å². The number of carbonyl (C=O) groups is 1. The molecule has 6 heteroatoms. The molecular formula is C13H17N5O. The van der Waals surface area contributed by atoms with Gasteiger partial charge in [0, 0.05) is 25.0 Å². The van der Waals surface area contributed by atoms with Gasteiger partial charge in [-0.3, -0.25) is 4.79 Å². The van der Waals surface area contributed by atoms with E-state index in [9.17, 15) is 4.79 Å². The van der Waals surface area contributed by atoms with Gasteiger partial charge in [-0.2, -0.15) is 4.98 Å². The minimum atomic E-state index is -0.0770. The highest BCUT2D eigenvalue weighted by Crippen LogP contribution is 2.12. The van der Waals surface area contributed by atoms with Gasteiger partial charge in [-0.1, -0.05) is 12.8 Å². The predicted octanol–water partition coefficient (Wildman–Crippen LogP) is 1.45. The van der Waals surface area contributed by atoms with E-state index in [1.165, 1.54) is 12.8 Å². The number of rotatable bonds is 1. The third kappa shape index (κ3) is 2.30. The van der Waals surface area contributed by atoms with Gasteiger partial charge in [0.1, 0.15) is 0 Å². The summed E-state index contributed by atoms with van der Waals surface area (Å²) >= 11 is 0. The fraction of sp³-hybridized carbons (Fsp3) is 0.538. The molecule has 3 heterocycles.